The van der Waals surface area contributed by atoms with Crippen molar-refractivity contribution in [2.45, 2.75) is 77.5 Å². The van der Waals surface area contributed by atoms with E-state index in [1.54, 1.807) is 4.90 Å². The number of rotatable bonds is 3. The number of likely N-dealkylation sites (tertiary alicyclic amines) is 1. The molecule has 3 rings (SSSR count). The first-order chi connectivity index (χ1) is 13.2. The summed E-state index contributed by atoms with van der Waals surface area (Å²) < 4.78 is 5.52. The van der Waals surface area contributed by atoms with Gasteiger partial charge in [0.1, 0.15) is 5.60 Å². The van der Waals surface area contributed by atoms with Gasteiger partial charge in [0.15, 0.2) is 0 Å². The van der Waals surface area contributed by atoms with Crippen LogP contribution in [0.1, 0.15) is 68.8 Å². The summed E-state index contributed by atoms with van der Waals surface area (Å²) in [5.74, 6) is 0.0305. The Morgan fingerprint density at radius 2 is 1.82 bits per heavy atom. The molecule has 5 nitrogen and oxygen atoms in total. The van der Waals surface area contributed by atoms with Crippen molar-refractivity contribution in [1.29, 1.82) is 0 Å². The van der Waals surface area contributed by atoms with Gasteiger partial charge in [-0.1, -0.05) is 30.5 Å². The predicted molar refractivity (Wildman–Crippen MR) is 111 cm³/mol. The number of carbonyl (C=O) groups excluding carboxylic acids is 2. The predicted octanol–water partition coefficient (Wildman–Crippen LogP) is 5.04. The molecule has 0 aromatic heterocycles. The summed E-state index contributed by atoms with van der Waals surface area (Å²) in [6.45, 7) is 8.64. The summed E-state index contributed by atoms with van der Waals surface area (Å²) >= 11 is 6.27. The number of amides is 2. The van der Waals surface area contributed by atoms with Crippen LogP contribution in [0.25, 0.3) is 0 Å². The molecule has 6 heteroatoms. The molecule has 1 saturated heterocycles. The maximum Gasteiger partial charge on any atom is 0.410 e. The van der Waals surface area contributed by atoms with Gasteiger partial charge in [-0.2, -0.15) is 0 Å². The number of hydrogen-bond acceptors (Lipinski definition) is 3. The van der Waals surface area contributed by atoms with E-state index in [9.17, 15) is 9.59 Å². The van der Waals surface area contributed by atoms with Crippen LogP contribution in [0.4, 0.5) is 4.79 Å². The van der Waals surface area contributed by atoms with Crippen molar-refractivity contribution < 1.29 is 14.3 Å². The van der Waals surface area contributed by atoms with Gasteiger partial charge in [-0.3, -0.25) is 4.79 Å². The number of ether oxygens (including phenoxy) is 1. The molecule has 1 aliphatic carbocycles. The van der Waals surface area contributed by atoms with E-state index in [1.165, 1.54) is 0 Å². The van der Waals surface area contributed by atoms with E-state index in [0.717, 1.165) is 37.7 Å². The second kappa shape index (κ2) is 8.32. The molecule has 1 saturated carbocycles. The molecule has 1 atom stereocenters. The Bertz CT molecular complexity index is 738. The van der Waals surface area contributed by atoms with E-state index >= 15 is 0 Å². The number of hydrogen-bond donors (Lipinski definition) is 0. The average molecular weight is 407 g/mol. The molecule has 0 unspecified atom stereocenters. The molecule has 0 bridgehead atoms. The Morgan fingerprint density at radius 1 is 1.14 bits per heavy atom. The van der Waals surface area contributed by atoms with Gasteiger partial charge in [-0.25, -0.2) is 4.79 Å². The fourth-order valence-corrected chi connectivity index (χ4v) is 4.43. The van der Waals surface area contributed by atoms with Crippen molar-refractivity contribution in [2.24, 2.45) is 0 Å². The highest BCUT2D eigenvalue weighted by molar-refractivity contribution is 6.31. The smallest absolute Gasteiger partial charge is 0.410 e. The molecule has 2 amide bonds. The third kappa shape index (κ3) is 4.62. The van der Waals surface area contributed by atoms with Gasteiger partial charge in [-0.05, 0) is 64.7 Å². The standard InChI is InChI=1S/C22H31ClN2O3/c1-15-18(10-7-11-19(15)23)20(26)25(16-8-5-6-9-16)17-12-13-24(14-17)21(27)28-22(2,3)4/h7,10-11,16-17H,5-6,8-9,12-14H2,1-4H3/t17-/m0/s1. The van der Waals surface area contributed by atoms with Crippen LogP contribution in [0.3, 0.4) is 0 Å². The average Bonchev–Trinajstić information content (AvgIpc) is 3.28. The maximum atomic E-state index is 13.5. The second-order valence-corrected chi connectivity index (χ2v) is 9.34. The molecule has 154 valence electrons. The molecule has 1 aliphatic heterocycles. The van der Waals surface area contributed by atoms with Gasteiger partial charge in [0, 0.05) is 29.7 Å². The highest BCUT2D eigenvalue weighted by Crippen LogP contribution is 2.31. The van der Waals surface area contributed by atoms with Crippen LogP contribution in [0.15, 0.2) is 18.2 Å². The molecule has 2 fully saturated rings. The van der Waals surface area contributed by atoms with E-state index < -0.39 is 5.60 Å². The topological polar surface area (TPSA) is 49.9 Å². The molecule has 2 aliphatic rings. The zero-order valence-electron chi connectivity index (χ0n) is 17.3. The zero-order valence-corrected chi connectivity index (χ0v) is 18.1. The lowest BCUT2D eigenvalue weighted by Crippen LogP contribution is -2.48. The molecule has 0 radical (unpaired) electrons. The van der Waals surface area contributed by atoms with Gasteiger partial charge in [0.2, 0.25) is 0 Å². The number of nitrogens with zero attached hydrogens (tertiary/aromatic N) is 2. The molecular formula is C22H31ClN2O3. The normalized spacial score (nSPS) is 20.5. The third-order valence-corrected chi connectivity index (χ3v) is 6.07. The number of halogens is 1. The van der Waals surface area contributed by atoms with Crippen LogP contribution in [-0.4, -0.2) is 52.6 Å². The third-order valence-electron chi connectivity index (χ3n) is 5.66. The summed E-state index contributed by atoms with van der Waals surface area (Å²) in [4.78, 5) is 29.8. The molecule has 1 aromatic carbocycles. The van der Waals surface area contributed by atoms with Gasteiger partial charge in [-0.15, -0.1) is 0 Å². The minimum atomic E-state index is -0.520. The molecule has 28 heavy (non-hydrogen) atoms. The van der Waals surface area contributed by atoms with Gasteiger partial charge in [0.25, 0.3) is 5.91 Å². The van der Waals surface area contributed by atoms with Crippen LogP contribution in [0.5, 0.6) is 0 Å². The van der Waals surface area contributed by atoms with Crippen LogP contribution in [-0.2, 0) is 4.74 Å². The van der Waals surface area contributed by atoms with Gasteiger partial charge < -0.3 is 14.5 Å². The van der Waals surface area contributed by atoms with Crippen LogP contribution in [0.2, 0.25) is 5.02 Å². The fraction of sp³-hybridized carbons (Fsp3) is 0.636. The summed E-state index contributed by atoms with van der Waals surface area (Å²) in [7, 11) is 0. The van der Waals surface area contributed by atoms with Gasteiger partial charge in [0.05, 0.1) is 6.04 Å². The Balaban J connectivity index is 1.80. The SMILES string of the molecule is Cc1c(Cl)cccc1C(=O)N(C1CCCC1)[C@H]1CCN(C(=O)OC(C)(C)C)C1. The lowest BCUT2D eigenvalue weighted by atomic mass is 10.0. The summed E-state index contributed by atoms with van der Waals surface area (Å²) in [5.41, 5.74) is 0.961. The first kappa shape index (κ1) is 21.0. The van der Waals surface area contributed by atoms with Crippen molar-refractivity contribution in [1.82, 2.24) is 9.80 Å². The fourth-order valence-electron chi connectivity index (χ4n) is 4.25. The van der Waals surface area contributed by atoms with E-state index in [0.29, 0.717) is 23.7 Å². The van der Waals surface area contributed by atoms with E-state index in [-0.39, 0.29) is 24.1 Å². The minimum Gasteiger partial charge on any atom is -0.444 e. The monoisotopic (exact) mass is 406 g/mol. The largest absolute Gasteiger partial charge is 0.444 e. The van der Waals surface area contributed by atoms with Crippen LogP contribution >= 0.6 is 11.6 Å². The lowest BCUT2D eigenvalue weighted by Gasteiger charge is -2.35. The van der Waals surface area contributed by atoms with Crippen molar-refractivity contribution in [3.05, 3.63) is 34.3 Å². The Kier molecular flexibility index (Phi) is 6.23. The van der Waals surface area contributed by atoms with Gasteiger partial charge >= 0.3 is 6.09 Å². The first-order valence-electron chi connectivity index (χ1n) is 10.2. The number of benzene rings is 1. The van der Waals surface area contributed by atoms with Crippen molar-refractivity contribution in [3.63, 3.8) is 0 Å². The van der Waals surface area contributed by atoms with Crippen LogP contribution < -0.4 is 0 Å². The number of carbonyl (C=O) groups is 2. The quantitative estimate of drug-likeness (QED) is 0.706. The van der Waals surface area contributed by atoms with E-state index in [1.807, 2.05) is 50.8 Å². The molecule has 0 spiro atoms. The lowest BCUT2D eigenvalue weighted by molar-refractivity contribution is 0.0265. The van der Waals surface area contributed by atoms with Crippen molar-refractivity contribution in [2.75, 3.05) is 13.1 Å². The highest BCUT2D eigenvalue weighted by atomic mass is 35.5. The Morgan fingerprint density at radius 3 is 2.46 bits per heavy atom. The summed E-state index contributed by atoms with van der Waals surface area (Å²) in [5, 5.41) is 0.610. The van der Waals surface area contributed by atoms with Crippen LogP contribution in [0, 0.1) is 6.92 Å². The molecule has 1 aromatic rings. The van der Waals surface area contributed by atoms with Crippen molar-refractivity contribution >= 4 is 23.6 Å². The molecule has 0 N–H and O–H groups in total. The minimum absolute atomic E-state index is 0.0153. The first-order valence-corrected chi connectivity index (χ1v) is 10.6. The molecule has 1 heterocycles. The van der Waals surface area contributed by atoms with E-state index in [2.05, 4.69) is 0 Å². The van der Waals surface area contributed by atoms with Crippen molar-refractivity contribution in [3.8, 4) is 0 Å². The highest BCUT2D eigenvalue weighted by Gasteiger charge is 2.39. The summed E-state index contributed by atoms with van der Waals surface area (Å²) in [6, 6.07) is 5.74. The molecular weight excluding hydrogens is 376 g/mol. The zero-order chi connectivity index (χ0) is 20.5. The maximum absolute atomic E-state index is 13.5. The Hall–Kier alpha value is -1.75. The summed E-state index contributed by atoms with van der Waals surface area (Å²) in [6.07, 6.45) is 4.81. The second-order valence-electron chi connectivity index (χ2n) is 8.93. The van der Waals surface area contributed by atoms with E-state index in [4.69, 9.17) is 16.3 Å². The Labute approximate surface area is 173 Å².